The lowest BCUT2D eigenvalue weighted by Crippen LogP contribution is -2.43. The van der Waals surface area contributed by atoms with Crippen LogP contribution >= 0.6 is 34.7 Å². The van der Waals surface area contributed by atoms with Crippen molar-refractivity contribution in [3.05, 3.63) is 67.6 Å². The molecule has 1 aromatic heterocycles. The van der Waals surface area contributed by atoms with Crippen LogP contribution in [-0.4, -0.2) is 73.0 Å². The number of imide groups is 1. The highest BCUT2D eigenvalue weighted by Crippen LogP contribution is 2.54. The summed E-state index contributed by atoms with van der Waals surface area (Å²) < 4.78 is 17.7. The van der Waals surface area contributed by atoms with E-state index in [4.69, 9.17) is 25.8 Å². The summed E-state index contributed by atoms with van der Waals surface area (Å²) in [5.74, 6) is -1.38. The van der Waals surface area contributed by atoms with Crippen molar-refractivity contribution in [3.63, 3.8) is 0 Å². The molecule has 0 spiro atoms. The monoisotopic (exact) mass is 615 g/mol. The number of ether oxygens (including phenoxy) is 3. The van der Waals surface area contributed by atoms with E-state index in [1.165, 1.54) is 35.4 Å². The first kappa shape index (κ1) is 27.8. The lowest BCUT2D eigenvalue weighted by molar-refractivity contribution is -0.136. The summed E-state index contributed by atoms with van der Waals surface area (Å²) in [6, 6.07) is 11.9. The van der Waals surface area contributed by atoms with Gasteiger partial charge < -0.3 is 19.1 Å². The number of anilines is 1. The van der Waals surface area contributed by atoms with Crippen LogP contribution in [0.3, 0.4) is 0 Å². The number of carbonyl (C=O) groups excluding carboxylic acids is 3. The molecule has 4 heterocycles. The number of hydrogen-bond acceptors (Lipinski definition) is 9. The number of thiazole rings is 1. The van der Waals surface area contributed by atoms with Gasteiger partial charge >= 0.3 is 4.87 Å². The van der Waals surface area contributed by atoms with Crippen molar-refractivity contribution < 1.29 is 28.6 Å². The van der Waals surface area contributed by atoms with E-state index in [-0.39, 0.29) is 29.1 Å². The number of morpholine rings is 1. The van der Waals surface area contributed by atoms with Crippen LogP contribution in [0.5, 0.6) is 11.5 Å². The number of halogens is 1. The minimum Gasteiger partial charge on any atom is -0.493 e. The Balaban J connectivity index is 1.46. The number of benzene rings is 2. The number of carbonyl (C=O) groups is 3. The summed E-state index contributed by atoms with van der Waals surface area (Å²) in [5.41, 5.74) is 1.12. The van der Waals surface area contributed by atoms with Crippen molar-refractivity contribution in [2.45, 2.75) is 22.7 Å². The van der Waals surface area contributed by atoms with E-state index in [9.17, 15) is 19.2 Å². The second-order valence-corrected chi connectivity index (χ2v) is 12.3. The van der Waals surface area contributed by atoms with E-state index in [0.717, 1.165) is 11.3 Å². The van der Waals surface area contributed by atoms with Crippen LogP contribution in [0.25, 0.3) is 0 Å². The van der Waals surface area contributed by atoms with Crippen LogP contribution in [0.1, 0.15) is 16.4 Å². The fourth-order valence-electron chi connectivity index (χ4n) is 5.55. The molecule has 2 aromatic carbocycles. The van der Waals surface area contributed by atoms with Crippen LogP contribution in [0.2, 0.25) is 5.02 Å². The Morgan fingerprint density at radius 3 is 2.39 bits per heavy atom. The molecule has 0 aliphatic carbocycles. The molecule has 3 atom stereocenters. The molecule has 0 bridgehead atoms. The Bertz CT molecular complexity index is 1580. The zero-order chi connectivity index (χ0) is 28.8. The third-order valence-electron chi connectivity index (χ3n) is 7.56. The summed E-state index contributed by atoms with van der Waals surface area (Å²) in [5, 5.41) is 0.211. The Labute approximate surface area is 248 Å². The summed E-state index contributed by atoms with van der Waals surface area (Å²) >= 11 is 8.24. The maximum absolute atomic E-state index is 14.0. The molecule has 3 aromatic rings. The normalized spacial score (nSPS) is 22.0. The van der Waals surface area contributed by atoms with Crippen molar-refractivity contribution in [3.8, 4) is 11.5 Å². The minimum atomic E-state index is -0.803. The Hall–Kier alpha value is -3.32. The molecule has 2 unspecified atom stereocenters. The molecule has 0 N–H and O–H groups in total. The zero-order valence-electron chi connectivity index (χ0n) is 22.2. The van der Waals surface area contributed by atoms with Crippen LogP contribution in [-0.2, 0) is 25.7 Å². The quantitative estimate of drug-likeness (QED) is 0.389. The van der Waals surface area contributed by atoms with Crippen molar-refractivity contribution in [1.29, 1.82) is 0 Å². The van der Waals surface area contributed by atoms with Gasteiger partial charge in [-0.1, -0.05) is 40.8 Å². The van der Waals surface area contributed by atoms with Gasteiger partial charge in [0.15, 0.2) is 11.5 Å². The van der Waals surface area contributed by atoms with Gasteiger partial charge in [0.25, 0.3) is 0 Å². The number of nitrogens with zero attached hydrogens (tertiary/aromatic N) is 3. The van der Waals surface area contributed by atoms with Crippen LogP contribution in [0.4, 0.5) is 5.69 Å². The fraction of sp³-hybridized carbons (Fsp3) is 0.357. The number of aromatic nitrogens is 1. The SMILES string of the molecule is COc1ccc([C@@H]2c3sc(=O)n(CC(=O)N4CCOCC4)c3SC3C(=O)N(c4ccc(Cl)cc4)C(=O)C32)cc1OC. The van der Waals surface area contributed by atoms with E-state index >= 15 is 0 Å². The largest absolute Gasteiger partial charge is 0.493 e. The number of amides is 3. The molecule has 2 fully saturated rings. The summed E-state index contributed by atoms with van der Waals surface area (Å²) in [6.45, 7) is 1.64. The van der Waals surface area contributed by atoms with Gasteiger partial charge in [-0.2, -0.15) is 0 Å². The lowest BCUT2D eigenvalue weighted by atomic mass is 9.83. The molecule has 13 heteroatoms. The molecule has 6 rings (SSSR count). The molecular formula is C28H26ClN3O7S2. The van der Waals surface area contributed by atoms with E-state index in [0.29, 0.717) is 64.0 Å². The third kappa shape index (κ3) is 4.82. The lowest BCUT2D eigenvalue weighted by Gasteiger charge is -2.31. The third-order valence-corrected chi connectivity index (χ3v) is 10.4. The maximum atomic E-state index is 14.0. The first-order valence-corrected chi connectivity index (χ1v) is 15.0. The predicted molar refractivity (Wildman–Crippen MR) is 154 cm³/mol. The van der Waals surface area contributed by atoms with Crippen LogP contribution < -0.4 is 19.2 Å². The van der Waals surface area contributed by atoms with Crippen LogP contribution in [0, 0.1) is 5.92 Å². The van der Waals surface area contributed by atoms with E-state index in [1.807, 2.05) is 6.07 Å². The highest BCUT2D eigenvalue weighted by molar-refractivity contribution is 8.00. The van der Waals surface area contributed by atoms with Gasteiger partial charge in [-0.25, -0.2) is 4.90 Å². The average Bonchev–Trinajstić information content (AvgIpc) is 3.43. The van der Waals surface area contributed by atoms with Gasteiger partial charge in [-0.15, -0.1) is 0 Å². The number of hydrogen-bond donors (Lipinski definition) is 0. The smallest absolute Gasteiger partial charge is 0.308 e. The van der Waals surface area contributed by atoms with E-state index in [1.54, 1.807) is 41.3 Å². The van der Waals surface area contributed by atoms with E-state index in [2.05, 4.69) is 0 Å². The standard InChI is InChI=1S/C28H26ClN3O7S2/c1-37-18-8-3-15(13-19(18)38-2)21-22-23(26(35)32(25(22)34)17-6-4-16(29)5-7-17)40-27-24(21)41-28(36)31(27)14-20(33)30-9-11-39-12-10-30/h3-8,13,21-23H,9-12,14H2,1-2H3/t21-,22?,23?/m0/s1. The zero-order valence-corrected chi connectivity index (χ0v) is 24.6. The number of thioether (sulfide) groups is 1. The number of fused-ring (bicyclic) bond motifs is 2. The molecular weight excluding hydrogens is 590 g/mol. The molecule has 2 saturated heterocycles. The summed E-state index contributed by atoms with van der Waals surface area (Å²) in [4.78, 5) is 57.6. The predicted octanol–water partition coefficient (Wildman–Crippen LogP) is 3.24. The van der Waals surface area contributed by atoms with Gasteiger partial charge in [-0.05, 0) is 42.0 Å². The molecule has 0 radical (unpaired) electrons. The molecule has 3 amide bonds. The van der Waals surface area contributed by atoms with Crippen molar-refractivity contribution in [2.75, 3.05) is 45.4 Å². The highest BCUT2D eigenvalue weighted by atomic mass is 35.5. The van der Waals surface area contributed by atoms with Gasteiger partial charge in [0.2, 0.25) is 17.7 Å². The van der Waals surface area contributed by atoms with E-state index < -0.39 is 17.1 Å². The van der Waals surface area contributed by atoms with Crippen LogP contribution in [0.15, 0.2) is 52.3 Å². The first-order chi connectivity index (χ1) is 19.8. The molecule has 41 heavy (non-hydrogen) atoms. The first-order valence-electron chi connectivity index (χ1n) is 12.9. The topological polar surface area (TPSA) is 107 Å². The summed E-state index contributed by atoms with van der Waals surface area (Å²) in [7, 11) is 3.05. The molecule has 3 aliphatic heterocycles. The number of rotatable bonds is 6. The fourth-order valence-corrected chi connectivity index (χ4v) is 8.45. The second-order valence-electron chi connectivity index (χ2n) is 9.76. The minimum absolute atomic E-state index is 0.156. The molecule has 10 nitrogen and oxygen atoms in total. The van der Waals surface area contributed by atoms with Crippen molar-refractivity contribution in [1.82, 2.24) is 9.47 Å². The maximum Gasteiger partial charge on any atom is 0.308 e. The Kier molecular flexibility index (Phi) is 7.58. The molecule has 214 valence electrons. The van der Waals surface area contributed by atoms with Crippen molar-refractivity contribution >= 4 is 58.1 Å². The molecule has 3 aliphatic rings. The second kappa shape index (κ2) is 11.2. The van der Waals surface area contributed by atoms with Gasteiger partial charge in [0, 0.05) is 28.9 Å². The average molecular weight is 616 g/mol. The van der Waals surface area contributed by atoms with Crippen molar-refractivity contribution in [2.24, 2.45) is 5.92 Å². The highest BCUT2D eigenvalue weighted by Gasteiger charge is 2.57. The Morgan fingerprint density at radius 1 is 1.00 bits per heavy atom. The van der Waals surface area contributed by atoms with Gasteiger partial charge in [0.1, 0.15) is 11.8 Å². The molecule has 0 saturated carbocycles. The Morgan fingerprint density at radius 2 is 1.71 bits per heavy atom. The number of methoxy groups -OCH3 is 2. The summed E-state index contributed by atoms with van der Waals surface area (Å²) in [6.07, 6.45) is 0. The van der Waals surface area contributed by atoms with Gasteiger partial charge in [-0.3, -0.25) is 23.7 Å². The van der Waals surface area contributed by atoms with Gasteiger partial charge in [0.05, 0.1) is 44.1 Å².